The lowest BCUT2D eigenvalue weighted by molar-refractivity contribution is -0.153. The fourth-order valence-electron chi connectivity index (χ4n) is 1.79. The summed E-state index contributed by atoms with van der Waals surface area (Å²) in [5, 5.41) is 6.67. The van der Waals surface area contributed by atoms with Gasteiger partial charge in [-0.15, -0.1) is 0 Å². The Morgan fingerprint density at radius 2 is 2.09 bits per heavy atom. The minimum atomic E-state index is -4.46. The molecule has 0 aliphatic heterocycles. The highest BCUT2D eigenvalue weighted by Gasteiger charge is 2.29. The number of ether oxygens (including phenoxy) is 1. The Balaban J connectivity index is 1.99. The molecule has 1 aromatic carbocycles. The minimum Gasteiger partial charge on any atom is -0.482 e. The highest BCUT2D eigenvalue weighted by molar-refractivity contribution is 7.07. The van der Waals surface area contributed by atoms with Crippen LogP contribution in [0.15, 0.2) is 35.0 Å². The van der Waals surface area contributed by atoms with Gasteiger partial charge in [0.25, 0.3) is 0 Å². The topological polar surface area (TPSA) is 38.3 Å². The maximum Gasteiger partial charge on any atom is 0.422 e. The zero-order valence-corrected chi connectivity index (χ0v) is 13.4. The first-order chi connectivity index (χ1) is 10.8. The Labute approximate surface area is 140 Å². The van der Waals surface area contributed by atoms with Crippen LogP contribution >= 0.6 is 22.9 Å². The van der Waals surface area contributed by atoms with Crippen molar-refractivity contribution in [3.63, 3.8) is 0 Å². The number of amides is 1. The van der Waals surface area contributed by atoms with Crippen LogP contribution in [0.25, 0.3) is 0 Å². The van der Waals surface area contributed by atoms with E-state index in [1.807, 2.05) is 16.8 Å². The smallest absolute Gasteiger partial charge is 0.422 e. The molecule has 0 unspecified atom stereocenters. The summed E-state index contributed by atoms with van der Waals surface area (Å²) < 4.78 is 41.5. The van der Waals surface area contributed by atoms with Crippen molar-refractivity contribution in [2.75, 3.05) is 11.9 Å². The SMILES string of the molecule is O=C(CCc1ccsc1)Nc1cc(Cl)ccc1OCC(F)(F)F. The molecule has 2 aromatic rings. The van der Waals surface area contributed by atoms with Crippen LogP contribution in [0.4, 0.5) is 18.9 Å². The van der Waals surface area contributed by atoms with Gasteiger partial charge in [0.2, 0.25) is 5.91 Å². The van der Waals surface area contributed by atoms with Gasteiger partial charge in [-0.2, -0.15) is 24.5 Å². The third-order valence-electron chi connectivity index (χ3n) is 2.83. The number of carbonyl (C=O) groups is 1. The number of halogens is 4. The molecule has 0 radical (unpaired) electrons. The maximum absolute atomic E-state index is 12.3. The standard InChI is InChI=1S/C15H13ClF3NO2S/c16-11-2-3-13(22-9-15(17,18)19)12(7-11)20-14(21)4-1-10-5-6-23-8-10/h2-3,5-8H,1,4,9H2,(H,20,21). The second kappa shape index (κ2) is 7.70. The van der Waals surface area contributed by atoms with E-state index < -0.39 is 12.8 Å². The summed E-state index contributed by atoms with van der Waals surface area (Å²) >= 11 is 7.35. The minimum absolute atomic E-state index is 0.0735. The van der Waals surface area contributed by atoms with Crippen molar-refractivity contribution in [1.29, 1.82) is 0 Å². The highest BCUT2D eigenvalue weighted by Crippen LogP contribution is 2.30. The van der Waals surface area contributed by atoms with Crippen molar-refractivity contribution in [3.8, 4) is 5.75 Å². The fourth-order valence-corrected chi connectivity index (χ4v) is 2.67. The predicted octanol–water partition coefficient (Wildman–Crippen LogP) is 4.91. The van der Waals surface area contributed by atoms with Crippen LogP contribution in [0.3, 0.4) is 0 Å². The van der Waals surface area contributed by atoms with E-state index in [1.54, 1.807) is 0 Å². The van der Waals surface area contributed by atoms with Crippen LogP contribution < -0.4 is 10.1 Å². The summed E-state index contributed by atoms with van der Waals surface area (Å²) in [5.41, 5.74) is 1.15. The molecule has 124 valence electrons. The second-order valence-corrected chi connectivity index (χ2v) is 5.94. The van der Waals surface area contributed by atoms with Gasteiger partial charge in [0.15, 0.2) is 6.61 Å². The quantitative estimate of drug-likeness (QED) is 0.791. The van der Waals surface area contributed by atoms with E-state index in [4.69, 9.17) is 16.3 Å². The lowest BCUT2D eigenvalue weighted by atomic mass is 10.2. The Bertz CT molecular complexity index is 659. The van der Waals surface area contributed by atoms with Crippen LogP contribution in [0.5, 0.6) is 5.75 Å². The molecular weight excluding hydrogens is 351 g/mol. The Kier molecular flexibility index (Phi) is 5.90. The van der Waals surface area contributed by atoms with Crippen molar-refractivity contribution in [2.45, 2.75) is 19.0 Å². The third-order valence-corrected chi connectivity index (χ3v) is 3.80. The summed E-state index contributed by atoms with van der Waals surface area (Å²) in [7, 11) is 0. The molecule has 0 saturated carbocycles. The number of hydrogen-bond acceptors (Lipinski definition) is 3. The van der Waals surface area contributed by atoms with E-state index in [2.05, 4.69) is 5.32 Å². The van der Waals surface area contributed by atoms with Crippen molar-refractivity contribution in [1.82, 2.24) is 0 Å². The van der Waals surface area contributed by atoms with Gasteiger partial charge in [-0.05, 0) is 47.0 Å². The van der Waals surface area contributed by atoms with E-state index in [9.17, 15) is 18.0 Å². The third kappa shape index (κ3) is 6.11. The van der Waals surface area contributed by atoms with E-state index in [-0.39, 0.29) is 28.8 Å². The molecule has 0 spiro atoms. The zero-order valence-electron chi connectivity index (χ0n) is 11.8. The number of rotatable bonds is 6. The van der Waals surface area contributed by atoms with Gasteiger partial charge in [0, 0.05) is 11.4 Å². The Morgan fingerprint density at radius 3 is 2.74 bits per heavy atom. The first kappa shape index (κ1) is 17.6. The van der Waals surface area contributed by atoms with Gasteiger partial charge < -0.3 is 10.1 Å². The molecule has 0 saturated heterocycles. The fraction of sp³-hybridized carbons (Fsp3) is 0.267. The normalized spacial score (nSPS) is 11.3. The molecule has 0 fully saturated rings. The van der Waals surface area contributed by atoms with Gasteiger partial charge >= 0.3 is 6.18 Å². The molecule has 23 heavy (non-hydrogen) atoms. The summed E-state index contributed by atoms with van der Waals surface area (Å²) in [4.78, 5) is 11.9. The second-order valence-electron chi connectivity index (χ2n) is 4.72. The van der Waals surface area contributed by atoms with Gasteiger partial charge in [-0.25, -0.2) is 0 Å². The molecule has 1 aromatic heterocycles. The largest absolute Gasteiger partial charge is 0.482 e. The van der Waals surface area contributed by atoms with Crippen molar-refractivity contribution in [2.24, 2.45) is 0 Å². The molecule has 3 nitrogen and oxygen atoms in total. The van der Waals surface area contributed by atoms with Crippen LogP contribution in [0, 0.1) is 0 Å². The number of nitrogens with one attached hydrogen (secondary N) is 1. The predicted molar refractivity (Wildman–Crippen MR) is 84.3 cm³/mol. The molecule has 1 heterocycles. The zero-order chi connectivity index (χ0) is 16.9. The monoisotopic (exact) mass is 363 g/mol. The lowest BCUT2D eigenvalue weighted by Gasteiger charge is -2.14. The van der Waals surface area contributed by atoms with Crippen LogP contribution in [0.2, 0.25) is 5.02 Å². The van der Waals surface area contributed by atoms with Crippen LogP contribution in [-0.4, -0.2) is 18.7 Å². The molecule has 0 aliphatic rings. The number of aryl methyl sites for hydroxylation is 1. The van der Waals surface area contributed by atoms with Crippen LogP contribution in [0.1, 0.15) is 12.0 Å². The van der Waals surface area contributed by atoms with Crippen molar-refractivity contribution < 1.29 is 22.7 Å². The summed E-state index contributed by atoms with van der Waals surface area (Å²) in [5.74, 6) is -0.397. The first-order valence-electron chi connectivity index (χ1n) is 6.63. The summed E-state index contributed by atoms with van der Waals surface area (Å²) in [6, 6.07) is 5.96. The molecule has 2 rings (SSSR count). The van der Waals surface area contributed by atoms with E-state index in [1.165, 1.54) is 29.5 Å². The molecular formula is C15H13ClF3NO2S. The number of hydrogen-bond donors (Lipinski definition) is 1. The molecule has 0 atom stereocenters. The maximum atomic E-state index is 12.3. The average Bonchev–Trinajstić information content (AvgIpc) is 2.96. The Hall–Kier alpha value is -1.73. The Morgan fingerprint density at radius 1 is 1.30 bits per heavy atom. The first-order valence-corrected chi connectivity index (χ1v) is 7.95. The van der Waals surface area contributed by atoms with E-state index >= 15 is 0 Å². The van der Waals surface area contributed by atoms with Gasteiger partial charge in [-0.1, -0.05) is 11.6 Å². The number of thiophene rings is 1. The number of benzene rings is 1. The van der Waals surface area contributed by atoms with Gasteiger partial charge in [0.1, 0.15) is 5.75 Å². The van der Waals surface area contributed by atoms with Gasteiger partial charge in [0.05, 0.1) is 5.69 Å². The number of carbonyl (C=O) groups excluding carboxylic acids is 1. The van der Waals surface area contributed by atoms with Gasteiger partial charge in [-0.3, -0.25) is 4.79 Å². The molecule has 0 aliphatic carbocycles. The summed E-state index contributed by atoms with van der Waals surface area (Å²) in [6.45, 7) is -1.44. The molecule has 8 heteroatoms. The molecule has 1 N–H and O–H groups in total. The number of alkyl halides is 3. The van der Waals surface area contributed by atoms with Crippen molar-refractivity contribution >= 4 is 34.5 Å². The molecule has 1 amide bonds. The van der Waals surface area contributed by atoms with Crippen LogP contribution in [-0.2, 0) is 11.2 Å². The molecule has 0 bridgehead atoms. The van der Waals surface area contributed by atoms with E-state index in [0.29, 0.717) is 6.42 Å². The number of anilines is 1. The summed E-state index contributed by atoms with van der Waals surface area (Å²) in [6.07, 6.45) is -3.70. The highest BCUT2D eigenvalue weighted by atomic mass is 35.5. The van der Waals surface area contributed by atoms with E-state index in [0.717, 1.165) is 5.56 Å². The van der Waals surface area contributed by atoms with Crippen molar-refractivity contribution in [3.05, 3.63) is 45.6 Å². The lowest BCUT2D eigenvalue weighted by Crippen LogP contribution is -2.20. The average molecular weight is 364 g/mol.